The third kappa shape index (κ3) is 5.40. The molecule has 0 saturated carbocycles. The van der Waals surface area contributed by atoms with Gasteiger partial charge in [0, 0.05) is 12.7 Å². The van der Waals surface area contributed by atoms with Crippen LogP contribution in [0.3, 0.4) is 0 Å². The van der Waals surface area contributed by atoms with Crippen LogP contribution in [0.15, 0.2) is 48.5 Å². The van der Waals surface area contributed by atoms with Gasteiger partial charge in [0.05, 0.1) is 29.3 Å². The number of amides is 2. The highest BCUT2D eigenvalue weighted by Crippen LogP contribution is 2.28. The Hall–Kier alpha value is -2.77. The largest absolute Gasteiger partial charge is 0.335 e. The number of carbonyl (C=O) groups excluding carboxylic acids is 2. The first-order chi connectivity index (χ1) is 13.8. The summed E-state index contributed by atoms with van der Waals surface area (Å²) in [6.45, 7) is 4.25. The quantitative estimate of drug-likeness (QED) is 0.645. The number of anilines is 1. The minimum Gasteiger partial charge on any atom is -0.335 e. The molecule has 1 heterocycles. The molecule has 0 aliphatic rings. The van der Waals surface area contributed by atoms with Crippen molar-refractivity contribution in [3.63, 3.8) is 0 Å². The van der Waals surface area contributed by atoms with Gasteiger partial charge >= 0.3 is 0 Å². The van der Waals surface area contributed by atoms with Gasteiger partial charge in [-0.25, -0.2) is 4.98 Å². The predicted octanol–water partition coefficient (Wildman–Crippen LogP) is 3.69. The molecule has 2 amide bonds. The second kappa shape index (κ2) is 9.15. The van der Waals surface area contributed by atoms with E-state index in [1.807, 2.05) is 68.3 Å². The normalized spacial score (nSPS) is 12.2. The molecule has 2 aromatic carbocycles. The second-order valence-electron chi connectivity index (χ2n) is 7.27. The molecular formula is C22H26N4O2S. The van der Waals surface area contributed by atoms with Crippen LogP contribution in [0.25, 0.3) is 10.2 Å². The van der Waals surface area contributed by atoms with E-state index in [1.165, 1.54) is 4.90 Å². The minimum absolute atomic E-state index is 0.00568. The average Bonchev–Trinajstić information content (AvgIpc) is 3.13. The first-order valence-corrected chi connectivity index (χ1v) is 10.3. The van der Waals surface area contributed by atoms with E-state index in [1.54, 1.807) is 18.4 Å². The highest BCUT2D eigenvalue weighted by atomic mass is 32.1. The Morgan fingerprint density at radius 2 is 1.76 bits per heavy atom. The molecule has 3 rings (SSSR count). The summed E-state index contributed by atoms with van der Waals surface area (Å²) >= 11 is 1.64. The number of hydrogen-bond acceptors (Lipinski definition) is 5. The van der Waals surface area contributed by atoms with Crippen LogP contribution < -0.4 is 5.32 Å². The molecule has 0 fully saturated rings. The molecule has 0 saturated heterocycles. The van der Waals surface area contributed by atoms with Gasteiger partial charge in [-0.3, -0.25) is 14.5 Å². The highest BCUT2D eigenvalue weighted by molar-refractivity contribution is 7.18. The van der Waals surface area contributed by atoms with Crippen molar-refractivity contribution >= 4 is 39.1 Å². The summed E-state index contributed by atoms with van der Waals surface area (Å²) in [6.07, 6.45) is 0. The zero-order valence-electron chi connectivity index (χ0n) is 17.2. The molecule has 0 spiro atoms. The van der Waals surface area contributed by atoms with E-state index in [2.05, 4.69) is 16.4 Å². The Kier molecular flexibility index (Phi) is 6.61. The molecule has 0 unspecified atom stereocenters. The van der Waals surface area contributed by atoms with Crippen LogP contribution in [0, 0.1) is 6.92 Å². The summed E-state index contributed by atoms with van der Waals surface area (Å²) in [4.78, 5) is 32.9. The molecular weight excluding hydrogens is 384 g/mol. The van der Waals surface area contributed by atoms with Crippen LogP contribution >= 0.6 is 11.3 Å². The molecule has 1 aromatic heterocycles. The van der Waals surface area contributed by atoms with E-state index in [9.17, 15) is 9.59 Å². The monoisotopic (exact) mass is 410 g/mol. The molecule has 0 bridgehead atoms. The van der Waals surface area contributed by atoms with Gasteiger partial charge in [-0.2, -0.15) is 0 Å². The molecule has 0 aliphatic carbocycles. The molecule has 0 aliphatic heterocycles. The second-order valence-corrected chi connectivity index (χ2v) is 8.34. The summed E-state index contributed by atoms with van der Waals surface area (Å²) in [5.74, 6) is -0.328. The van der Waals surface area contributed by atoms with Gasteiger partial charge in [0.1, 0.15) is 5.01 Å². The van der Waals surface area contributed by atoms with Gasteiger partial charge in [-0.1, -0.05) is 29.8 Å². The average molecular weight is 411 g/mol. The van der Waals surface area contributed by atoms with Crippen molar-refractivity contribution in [2.45, 2.75) is 19.9 Å². The summed E-state index contributed by atoms with van der Waals surface area (Å²) in [7, 11) is 3.54. The van der Waals surface area contributed by atoms with E-state index in [0.717, 1.165) is 26.5 Å². The van der Waals surface area contributed by atoms with Crippen LogP contribution in [0.5, 0.6) is 0 Å². The minimum atomic E-state index is -0.216. The molecule has 1 atom stereocenters. The Balaban J connectivity index is 1.53. The topological polar surface area (TPSA) is 65.5 Å². The van der Waals surface area contributed by atoms with Crippen molar-refractivity contribution in [2.75, 3.05) is 32.5 Å². The summed E-state index contributed by atoms with van der Waals surface area (Å²) in [5.41, 5.74) is 2.83. The lowest BCUT2D eigenvalue weighted by Gasteiger charge is -2.25. The molecule has 29 heavy (non-hydrogen) atoms. The van der Waals surface area contributed by atoms with E-state index in [-0.39, 0.29) is 30.9 Å². The van der Waals surface area contributed by atoms with Crippen molar-refractivity contribution in [1.82, 2.24) is 14.8 Å². The van der Waals surface area contributed by atoms with Crippen molar-refractivity contribution in [1.29, 1.82) is 0 Å². The number of rotatable bonds is 7. The molecule has 7 heteroatoms. The van der Waals surface area contributed by atoms with Crippen molar-refractivity contribution in [2.24, 2.45) is 0 Å². The van der Waals surface area contributed by atoms with E-state index in [0.29, 0.717) is 0 Å². The third-order valence-corrected chi connectivity index (χ3v) is 6.06. The van der Waals surface area contributed by atoms with Crippen molar-refractivity contribution in [3.05, 3.63) is 59.1 Å². The molecule has 152 valence electrons. The van der Waals surface area contributed by atoms with Gasteiger partial charge in [-0.15, -0.1) is 11.3 Å². The Morgan fingerprint density at radius 3 is 2.45 bits per heavy atom. The van der Waals surface area contributed by atoms with E-state index in [4.69, 9.17) is 0 Å². The van der Waals surface area contributed by atoms with Crippen molar-refractivity contribution in [3.8, 4) is 0 Å². The summed E-state index contributed by atoms with van der Waals surface area (Å²) in [6, 6.07) is 15.6. The lowest BCUT2D eigenvalue weighted by atomic mass is 10.2. The number of benzene rings is 2. The SMILES string of the molecule is Cc1ccc(NC(=O)CN(C)C(=O)CN(C)[C@H](C)c2nc3ccccc3s2)cc1. The van der Waals surface area contributed by atoms with Crippen LogP contribution in [-0.4, -0.2) is 53.8 Å². The lowest BCUT2D eigenvalue weighted by molar-refractivity contribution is -0.134. The zero-order chi connectivity index (χ0) is 21.0. The van der Waals surface area contributed by atoms with Gasteiger partial charge < -0.3 is 10.2 Å². The number of likely N-dealkylation sites (N-methyl/N-ethyl adjacent to an activating group) is 2. The molecule has 3 aromatic rings. The fourth-order valence-corrected chi connectivity index (χ4v) is 3.95. The number of aryl methyl sites for hydroxylation is 1. The number of fused-ring (bicyclic) bond motifs is 1. The number of thiazole rings is 1. The summed E-state index contributed by atoms with van der Waals surface area (Å²) < 4.78 is 1.14. The lowest BCUT2D eigenvalue weighted by Crippen LogP contribution is -2.41. The van der Waals surface area contributed by atoms with E-state index >= 15 is 0 Å². The standard InChI is InChI=1S/C22H26N4O2S/c1-15-9-11-17(12-10-15)23-20(27)13-26(4)21(28)14-25(3)16(2)22-24-18-7-5-6-8-19(18)29-22/h5-12,16H,13-14H2,1-4H3,(H,23,27)/t16-/m1/s1. The predicted molar refractivity (Wildman–Crippen MR) is 118 cm³/mol. The van der Waals surface area contributed by atoms with Gasteiger partial charge in [-0.05, 0) is 45.2 Å². The van der Waals surface area contributed by atoms with Crippen LogP contribution in [-0.2, 0) is 9.59 Å². The number of nitrogens with zero attached hydrogens (tertiary/aromatic N) is 3. The highest BCUT2D eigenvalue weighted by Gasteiger charge is 2.21. The maximum atomic E-state index is 12.6. The Bertz CT molecular complexity index is 966. The zero-order valence-corrected chi connectivity index (χ0v) is 18.0. The van der Waals surface area contributed by atoms with Crippen LogP contribution in [0.2, 0.25) is 0 Å². The number of nitrogens with one attached hydrogen (secondary N) is 1. The van der Waals surface area contributed by atoms with Crippen LogP contribution in [0.4, 0.5) is 5.69 Å². The number of hydrogen-bond donors (Lipinski definition) is 1. The Labute approximate surface area is 175 Å². The first kappa shape index (κ1) is 21.0. The molecule has 0 radical (unpaired) electrons. The van der Waals surface area contributed by atoms with Crippen molar-refractivity contribution < 1.29 is 9.59 Å². The first-order valence-electron chi connectivity index (χ1n) is 9.49. The van der Waals surface area contributed by atoms with Gasteiger partial charge in [0.2, 0.25) is 11.8 Å². The Morgan fingerprint density at radius 1 is 1.07 bits per heavy atom. The van der Waals surface area contributed by atoms with Gasteiger partial charge in [0.15, 0.2) is 0 Å². The third-order valence-electron chi connectivity index (χ3n) is 4.86. The number of aromatic nitrogens is 1. The molecule has 6 nitrogen and oxygen atoms in total. The maximum Gasteiger partial charge on any atom is 0.243 e. The smallest absolute Gasteiger partial charge is 0.243 e. The van der Waals surface area contributed by atoms with E-state index < -0.39 is 0 Å². The molecule has 1 N–H and O–H groups in total. The maximum absolute atomic E-state index is 12.6. The fourth-order valence-electron chi connectivity index (χ4n) is 2.87. The number of carbonyl (C=O) groups is 2. The van der Waals surface area contributed by atoms with Crippen LogP contribution in [0.1, 0.15) is 23.5 Å². The number of para-hydroxylation sites is 1. The fraction of sp³-hybridized carbons (Fsp3) is 0.318. The summed E-state index contributed by atoms with van der Waals surface area (Å²) in [5, 5.41) is 3.79. The van der Waals surface area contributed by atoms with Gasteiger partial charge in [0.25, 0.3) is 0 Å².